The van der Waals surface area contributed by atoms with Crippen LogP contribution in [0.4, 0.5) is 17.1 Å². The van der Waals surface area contributed by atoms with Gasteiger partial charge in [0.1, 0.15) is 11.2 Å². The normalized spacial score (nSPS) is 11.5. The molecule has 0 aliphatic heterocycles. The minimum atomic E-state index is 0.882. The summed E-state index contributed by atoms with van der Waals surface area (Å²) in [5.74, 6) is 0. The minimum Gasteiger partial charge on any atom is -0.456 e. The van der Waals surface area contributed by atoms with Crippen LogP contribution in [0, 0.1) is 0 Å². The van der Waals surface area contributed by atoms with Gasteiger partial charge in [0, 0.05) is 33.8 Å². The largest absolute Gasteiger partial charge is 0.456 e. The molecular formula is C38H25NO. The highest BCUT2D eigenvalue weighted by Gasteiger charge is 2.21. The fourth-order valence-electron chi connectivity index (χ4n) is 6.03. The molecule has 0 aliphatic rings. The Labute approximate surface area is 232 Å². The Balaban J connectivity index is 1.46. The number of nitrogens with zero attached hydrogens (tertiary/aromatic N) is 1. The second-order valence-corrected chi connectivity index (χ2v) is 10.2. The van der Waals surface area contributed by atoms with Crippen LogP contribution in [-0.2, 0) is 0 Å². The second-order valence-electron chi connectivity index (χ2n) is 10.2. The van der Waals surface area contributed by atoms with Gasteiger partial charge in [0.2, 0.25) is 0 Å². The van der Waals surface area contributed by atoms with Crippen LogP contribution in [0.1, 0.15) is 0 Å². The molecule has 8 aromatic rings. The van der Waals surface area contributed by atoms with Crippen molar-refractivity contribution in [2.45, 2.75) is 0 Å². The molecular weight excluding hydrogens is 486 g/mol. The van der Waals surface area contributed by atoms with Crippen molar-refractivity contribution in [1.82, 2.24) is 0 Å². The first-order chi connectivity index (χ1) is 19.8. The van der Waals surface area contributed by atoms with Crippen LogP contribution in [0.5, 0.6) is 0 Å². The monoisotopic (exact) mass is 511 g/mol. The third-order valence-electron chi connectivity index (χ3n) is 7.84. The molecule has 0 aliphatic carbocycles. The van der Waals surface area contributed by atoms with Gasteiger partial charge in [-0.05, 0) is 63.5 Å². The molecule has 0 unspecified atom stereocenters. The smallest absolute Gasteiger partial charge is 0.137 e. The maximum Gasteiger partial charge on any atom is 0.137 e. The van der Waals surface area contributed by atoms with Crippen molar-refractivity contribution in [3.05, 3.63) is 152 Å². The van der Waals surface area contributed by atoms with E-state index in [1.807, 2.05) is 12.1 Å². The lowest BCUT2D eigenvalue weighted by Gasteiger charge is -2.29. The van der Waals surface area contributed by atoms with E-state index in [2.05, 4.69) is 144 Å². The van der Waals surface area contributed by atoms with Gasteiger partial charge in [0.05, 0.1) is 5.69 Å². The van der Waals surface area contributed by atoms with Gasteiger partial charge in [0.25, 0.3) is 0 Å². The first-order valence-corrected chi connectivity index (χ1v) is 13.6. The lowest BCUT2D eigenvalue weighted by atomic mass is 9.91. The zero-order valence-corrected chi connectivity index (χ0v) is 21.8. The minimum absolute atomic E-state index is 0.882. The topological polar surface area (TPSA) is 16.4 Å². The quantitative estimate of drug-likeness (QED) is 0.234. The molecule has 2 heteroatoms. The molecule has 0 bridgehead atoms. The van der Waals surface area contributed by atoms with E-state index < -0.39 is 0 Å². The van der Waals surface area contributed by atoms with Crippen LogP contribution < -0.4 is 4.90 Å². The molecule has 188 valence electrons. The average Bonchev–Trinajstić information content (AvgIpc) is 3.39. The van der Waals surface area contributed by atoms with Gasteiger partial charge in [-0.15, -0.1) is 0 Å². The van der Waals surface area contributed by atoms with Gasteiger partial charge in [0.15, 0.2) is 0 Å². The Morgan fingerprint density at radius 1 is 0.400 bits per heavy atom. The summed E-state index contributed by atoms with van der Waals surface area (Å²) in [5.41, 5.74) is 7.48. The van der Waals surface area contributed by atoms with Crippen LogP contribution in [0.2, 0.25) is 0 Å². The van der Waals surface area contributed by atoms with E-state index in [1.165, 1.54) is 32.7 Å². The molecule has 0 saturated carbocycles. The first kappa shape index (κ1) is 22.6. The van der Waals surface area contributed by atoms with Crippen molar-refractivity contribution in [3.8, 4) is 11.1 Å². The van der Waals surface area contributed by atoms with E-state index in [0.717, 1.165) is 39.0 Å². The summed E-state index contributed by atoms with van der Waals surface area (Å²) in [6, 6.07) is 53.8. The van der Waals surface area contributed by atoms with Gasteiger partial charge in [-0.3, -0.25) is 0 Å². The SMILES string of the molecule is c1ccc(N(c2ccc3c(c2)oc2ccccc23)c2ccc3ccccc3c2-c2cccc3ccccc23)cc1. The van der Waals surface area contributed by atoms with Crippen molar-refractivity contribution >= 4 is 60.5 Å². The number of anilines is 3. The number of rotatable bonds is 4. The molecule has 8 rings (SSSR count). The average molecular weight is 512 g/mol. The molecule has 1 heterocycles. The third kappa shape index (κ3) is 3.58. The molecule has 40 heavy (non-hydrogen) atoms. The predicted octanol–water partition coefficient (Wildman–Crippen LogP) is 11.0. The number of benzene rings is 7. The maximum absolute atomic E-state index is 6.33. The number of fused-ring (bicyclic) bond motifs is 5. The highest BCUT2D eigenvalue weighted by Crippen LogP contribution is 2.46. The van der Waals surface area contributed by atoms with Gasteiger partial charge >= 0.3 is 0 Å². The van der Waals surface area contributed by atoms with Crippen molar-refractivity contribution in [1.29, 1.82) is 0 Å². The maximum atomic E-state index is 6.33. The van der Waals surface area contributed by atoms with Crippen molar-refractivity contribution in [2.75, 3.05) is 4.90 Å². The first-order valence-electron chi connectivity index (χ1n) is 13.6. The fraction of sp³-hybridized carbons (Fsp3) is 0. The summed E-state index contributed by atoms with van der Waals surface area (Å²) < 4.78 is 6.33. The lowest BCUT2D eigenvalue weighted by molar-refractivity contribution is 0.669. The molecule has 0 radical (unpaired) electrons. The van der Waals surface area contributed by atoms with Crippen LogP contribution in [0.3, 0.4) is 0 Å². The van der Waals surface area contributed by atoms with E-state index in [-0.39, 0.29) is 0 Å². The van der Waals surface area contributed by atoms with Crippen LogP contribution in [0.15, 0.2) is 156 Å². The van der Waals surface area contributed by atoms with Gasteiger partial charge in [-0.1, -0.05) is 109 Å². The molecule has 2 nitrogen and oxygen atoms in total. The zero-order chi connectivity index (χ0) is 26.5. The second kappa shape index (κ2) is 9.14. The summed E-state index contributed by atoms with van der Waals surface area (Å²) >= 11 is 0. The highest BCUT2D eigenvalue weighted by molar-refractivity contribution is 6.12. The molecule has 0 saturated heterocycles. The zero-order valence-electron chi connectivity index (χ0n) is 21.8. The summed E-state index contributed by atoms with van der Waals surface area (Å²) in [4.78, 5) is 2.36. The van der Waals surface area contributed by atoms with Crippen LogP contribution >= 0.6 is 0 Å². The summed E-state index contributed by atoms with van der Waals surface area (Å²) in [6.07, 6.45) is 0. The Bertz CT molecular complexity index is 2170. The number of hydrogen-bond donors (Lipinski definition) is 0. The van der Waals surface area contributed by atoms with Crippen molar-refractivity contribution in [2.24, 2.45) is 0 Å². The van der Waals surface area contributed by atoms with Gasteiger partial charge in [-0.25, -0.2) is 0 Å². The summed E-state index contributed by atoms with van der Waals surface area (Å²) in [7, 11) is 0. The molecule has 0 fully saturated rings. The van der Waals surface area contributed by atoms with Crippen molar-refractivity contribution in [3.63, 3.8) is 0 Å². The molecule has 0 N–H and O–H groups in total. The molecule has 1 aromatic heterocycles. The van der Waals surface area contributed by atoms with E-state index >= 15 is 0 Å². The lowest BCUT2D eigenvalue weighted by Crippen LogP contribution is -2.11. The third-order valence-corrected chi connectivity index (χ3v) is 7.84. The Morgan fingerprint density at radius 2 is 1.05 bits per heavy atom. The van der Waals surface area contributed by atoms with Crippen LogP contribution in [0.25, 0.3) is 54.6 Å². The molecule has 0 amide bonds. The fourth-order valence-corrected chi connectivity index (χ4v) is 6.03. The van der Waals surface area contributed by atoms with E-state index in [9.17, 15) is 0 Å². The number of furan rings is 1. The Hall–Kier alpha value is -5.34. The summed E-state index contributed by atoms with van der Waals surface area (Å²) in [5, 5.41) is 7.17. The highest BCUT2D eigenvalue weighted by atomic mass is 16.3. The van der Waals surface area contributed by atoms with Crippen molar-refractivity contribution < 1.29 is 4.42 Å². The molecule has 0 atom stereocenters. The van der Waals surface area contributed by atoms with Crippen LogP contribution in [-0.4, -0.2) is 0 Å². The van der Waals surface area contributed by atoms with E-state index in [4.69, 9.17) is 4.42 Å². The number of para-hydroxylation sites is 2. The van der Waals surface area contributed by atoms with E-state index in [1.54, 1.807) is 0 Å². The predicted molar refractivity (Wildman–Crippen MR) is 169 cm³/mol. The standard InChI is InChI=1S/C38H25NO/c1-2-14-28(15-3-1)39(29-22-23-33-32-18-8-9-20-36(32)40-37(33)25-29)35-24-21-27-12-5-7-17-31(27)38(35)34-19-10-13-26-11-4-6-16-30(26)34/h1-25H. The molecule has 7 aromatic carbocycles. The molecule has 0 spiro atoms. The Kier molecular flexibility index (Phi) is 5.17. The van der Waals surface area contributed by atoms with Gasteiger partial charge in [-0.2, -0.15) is 0 Å². The van der Waals surface area contributed by atoms with Gasteiger partial charge < -0.3 is 9.32 Å². The summed E-state index contributed by atoms with van der Waals surface area (Å²) in [6.45, 7) is 0. The number of hydrogen-bond acceptors (Lipinski definition) is 2. The van der Waals surface area contributed by atoms with E-state index in [0.29, 0.717) is 0 Å². The Morgan fingerprint density at radius 3 is 1.90 bits per heavy atom.